The summed E-state index contributed by atoms with van der Waals surface area (Å²) in [5.74, 6) is 4.07. The number of hydrogen-bond acceptors (Lipinski definition) is 4. The van der Waals surface area contributed by atoms with Crippen LogP contribution in [-0.4, -0.2) is 11.1 Å². The number of nitrogen functional groups attached to an aromatic ring is 1. The van der Waals surface area contributed by atoms with Crippen LogP contribution in [0.1, 0.15) is 10.5 Å². The second kappa shape index (κ2) is 4.11. The Hall–Kier alpha value is -2.21. The second-order valence-electron chi connectivity index (χ2n) is 3.03. The van der Waals surface area contributed by atoms with E-state index in [1.165, 1.54) is 18.2 Å². The average Bonchev–Trinajstić information content (AvgIpc) is 2.78. The van der Waals surface area contributed by atoms with Crippen LogP contribution in [0.5, 0.6) is 0 Å². The van der Waals surface area contributed by atoms with Crippen LogP contribution in [0.2, 0.25) is 0 Å². The molecule has 0 atom stereocenters. The fourth-order valence-corrected chi connectivity index (χ4v) is 1.24. The van der Waals surface area contributed by atoms with Crippen LogP contribution in [0.3, 0.4) is 0 Å². The molecule has 0 unspecified atom stereocenters. The third-order valence-corrected chi connectivity index (χ3v) is 2.01. The van der Waals surface area contributed by atoms with Crippen molar-refractivity contribution < 1.29 is 13.7 Å². The lowest BCUT2D eigenvalue weighted by Gasteiger charge is -1.95. The van der Waals surface area contributed by atoms with E-state index in [-0.39, 0.29) is 17.0 Å². The first kappa shape index (κ1) is 10.3. The van der Waals surface area contributed by atoms with Crippen LogP contribution in [0.25, 0.3) is 11.3 Å². The Labute approximate surface area is 90.0 Å². The summed E-state index contributed by atoms with van der Waals surface area (Å²) in [5, 5.41) is 3.47. The number of benzene rings is 1. The summed E-state index contributed by atoms with van der Waals surface area (Å²) in [7, 11) is 0. The molecule has 2 rings (SSSR count). The SMILES string of the molecule is NNC(=O)c1cc(-c2ccccc2F)on1. The molecule has 1 amide bonds. The number of amides is 1. The van der Waals surface area contributed by atoms with E-state index in [2.05, 4.69) is 5.16 Å². The maximum absolute atomic E-state index is 13.4. The molecule has 1 heterocycles. The van der Waals surface area contributed by atoms with Gasteiger partial charge in [-0.2, -0.15) is 0 Å². The van der Waals surface area contributed by atoms with Crippen LogP contribution in [0.4, 0.5) is 4.39 Å². The predicted molar refractivity (Wildman–Crippen MR) is 53.6 cm³/mol. The van der Waals surface area contributed by atoms with Gasteiger partial charge in [-0.05, 0) is 12.1 Å². The molecule has 2 aromatic rings. The zero-order valence-corrected chi connectivity index (χ0v) is 8.11. The lowest BCUT2D eigenvalue weighted by atomic mass is 10.1. The van der Waals surface area contributed by atoms with Crippen molar-refractivity contribution in [1.29, 1.82) is 0 Å². The molecule has 3 N–H and O–H groups in total. The lowest BCUT2D eigenvalue weighted by molar-refractivity contribution is 0.0944. The minimum Gasteiger partial charge on any atom is -0.355 e. The summed E-state index contributed by atoms with van der Waals surface area (Å²) >= 11 is 0. The van der Waals surface area contributed by atoms with Gasteiger partial charge in [0.25, 0.3) is 5.91 Å². The van der Waals surface area contributed by atoms with Gasteiger partial charge in [-0.25, -0.2) is 10.2 Å². The van der Waals surface area contributed by atoms with Gasteiger partial charge in [0.05, 0.1) is 5.56 Å². The highest BCUT2D eigenvalue weighted by Crippen LogP contribution is 2.22. The number of carbonyl (C=O) groups is 1. The maximum Gasteiger partial charge on any atom is 0.287 e. The molecule has 0 aliphatic heterocycles. The monoisotopic (exact) mass is 221 g/mol. The van der Waals surface area contributed by atoms with Gasteiger partial charge in [0.1, 0.15) is 5.82 Å². The third kappa shape index (κ3) is 1.78. The van der Waals surface area contributed by atoms with Crippen molar-refractivity contribution in [2.24, 2.45) is 5.84 Å². The molecule has 0 fully saturated rings. The number of carbonyl (C=O) groups excluding carboxylic acids is 1. The molecule has 5 nitrogen and oxygen atoms in total. The highest BCUT2D eigenvalue weighted by molar-refractivity contribution is 5.92. The number of hydrazine groups is 1. The molecule has 0 saturated heterocycles. The topological polar surface area (TPSA) is 81.1 Å². The van der Waals surface area contributed by atoms with E-state index >= 15 is 0 Å². The number of nitrogens with two attached hydrogens (primary N) is 1. The summed E-state index contributed by atoms with van der Waals surface area (Å²) in [6.07, 6.45) is 0. The second-order valence-corrected chi connectivity index (χ2v) is 3.03. The molecule has 0 saturated carbocycles. The molecular weight excluding hydrogens is 213 g/mol. The molecule has 0 aliphatic carbocycles. The first-order valence-electron chi connectivity index (χ1n) is 4.45. The van der Waals surface area contributed by atoms with Gasteiger partial charge in [0.2, 0.25) is 0 Å². The third-order valence-electron chi connectivity index (χ3n) is 2.01. The summed E-state index contributed by atoms with van der Waals surface area (Å²) in [4.78, 5) is 11.1. The predicted octanol–water partition coefficient (Wildman–Crippen LogP) is 1.08. The van der Waals surface area contributed by atoms with E-state index in [1.807, 2.05) is 5.43 Å². The van der Waals surface area contributed by atoms with Crippen LogP contribution in [0.15, 0.2) is 34.9 Å². The van der Waals surface area contributed by atoms with Gasteiger partial charge in [-0.1, -0.05) is 17.3 Å². The largest absolute Gasteiger partial charge is 0.355 e. The number of hydrogen-bond donors (Lipinski definition) is 2. The first-order chi connectivity index (χ1) is 7.72. The number of rotatable bonds is 2. The van der Waals surface area contributed by atoms with Crippen LogP contribution in [-0.2, 0) is 0 Å². The van der Waals surface area contributed by atoms with E-state index in [0.29, 0.717) is 0 Å². The fraction of sp³-hybridized carbons (Fsp3) is 0. The normalized spacial score (nSPS) is 10.1. The van der Waals surface area contributed by atoms with E-state index in [1.54, 1.807) is 12.1 Å². The van der Waals surface area contributed by atoms with E-state index < -0.39 is 11.7 Å². The quantitative estimate of drug-likeness (QED) is 0.451. The van der Waals surface area contributed by atoms with Gasteiger partial charge >= 0.3 is 0 Å². The summed E-state index contributed by atoms with van der Waals surface area (Å²) in [5.41, 5.74) is 2.15. The smallest absolute Gasteiger partial charge is 0.287 e. The molecule has 0 aliphatic rings. The van der Waals surface area contributed by atoms with Gasteiger partial charge < -0.3 is 4.52 Å². The van der Waals surface area contributed by atoms with Crippen molar-refractivity contribution in [3.05, 3.63) is 41.8 Å². The number of nitrogens with zero attached hydrogens (tertiary/aromatic N) is 1. The van der Waals surface area contributed by atoms with Crippen molar-refractivity contribution in [1.82, 2.24) is 10.6 Å². The van der Waals surface area contributed by atoms with E-state index in [0.717, 1.165) is 0 Å². The molecule has 82 valence electrons. The standard InChI is InChI=1S/C10H8FN3O2/c11-7-4-2-1-3-6(7)9-5-8(14-16-9)10(15)13-12/h1-5H,12H2,(H,13,15). The Morgan fingerprint density at radius 1 is 1.44 bits per heavy atom. The maximum atomic E-state index is 13.4. The van der Waals surface area contributed by atoms with Crippen LogP contribution in [0, 0.1) is 5.82 Å². The lowest BCUT2D eigenvalue weighted by Crippen LogP contribution is -2.30. The Morgan fingerprint density at radius 2 is 2.19 bits per heavy atom. The summed E-state index contributed by atoms with van der Waals surface area (Å²) < 4.78 is 18.2. The summed E-state index contributed by atoms with van der Waals surface area (Å²) in [6, 6.07) is 7.35. The zero-order chi connectivity index (χ0) is 11.5. The highest BCUT2D eigenvalue weighted by Gasteiger charge is 2.14. The Bertz CT molecular complexity index is 524. The highest BCUT2D eigenvalue weighted by atomic mass is 19.1. The van der Waals surface area contributed by atoms with Crippen molar-refractivity contribution in [3.8, 4) is 11.3 Å². The molecule has 0 radical (unpaired) electrons. The Morgan fingerprint density at radius 3 is 2.88 bits per heavy atom. The number of aromatic nitrogens is 1. The van der Waals surface area contributed by atoms with Gasteiger partial charge in [-0.15, -0.1) is 0 Å². The van der Waals surface area contributed by atoms with Gasteiger partial charge in [-0.3, -0.25) is 10.2 Å². The molecule has 0 spiro atoms. The molecule has 0 bridgehead atoms. The van der Waals surface area contributed by atoms with Crippen LogP contribution < -0.4 is 11.3 Å². The molecule has 1 aromatic heterocycles. The fourth-order valence-electron chi connectivity index (χ4n) is 1.24. The van der Waals surface area contributed by atoms with Crippen molar-refractivity contribution in [3.63, 3.8) is 0 Å². The zero-order valence-electron chi connectivity index (χ0n) is 8.11. The minimum atomic E-state index is -0.591. The van der Waals surface area contributed by atoms with Gasteiger partial charge in [0, 0.05) is 6.07 Å². The van der Waals surface area contributed by atoms with Crippen molar-refractivity contribution in [2.75, 3.05) is 0 Å². The van der Waals surface area contributed by atoms with E-state index in [9.17, 15) is 9.18 Å². The van der Waals surface area contributed by atoms with Crippen molar-refractivity contribution >= 4 is 5.91 Å². The van der Waals surface area contributed by atoms with Crippen LogP contribution >= 0.6 is 0 Å². The first-order valence-corrected chi connectivity index (χ1v) is 4.45. The van der Waals surface area contributed by atoms with Gasteiger partial charge in [0.15, 0.2) is 11.5 Å². The number of halogens is 1. The average molecular weight is 221 g/mol. The van der Waals surface area contributed by atoms with Crippen molar-refractivity contribution in [2.45, 2.75) is 0 Å². The molecule has 1 aromatic carbocycles. The molecular formula is C10H8FN3O2. The summed E-state index contributed by atoms with van der Waals surface area (Å²) in [6.45, 7) is 0. The van der Waals surface area contributed by atoms with E-state index in [4.69, 9.17) is 10.4 Å². The Balaban J connectivity index is 2.39. The Kier molecular flexibility index (Phi) is 2.65. The minimum absolute atomic E-state index is 0.000697. The molecule has 6 heteroatoms. The molecule has 16 heavy (non-hydrogen) atoms. The number of nitrogens with one attached hydrogen (secondary N) is 1.